The van der Waals surface area contributed by atoms with Gasteiger partial charge in [-0.3, -0.25) is 9.69 Å². The molecule has 0 amide bonds. The van der Waals surface area contributed by atoms with Crippen molar-refractivity contribution in [2.24, 2.45) is 0 Å². The first-order chi connectivity index (χ1) is 11.6. The minimum absolute atomic E-state index is 0.220. The standard InChI is InChI=1S/C18H26N4O2/c1-12-11-21(7-6-17(23)24)8-9-22(12)16-10-15(13-2-3-13)19-18(20-16)14-4-5-14/h10,12-14H,2-9,11H2,1H3,(H,23,24). The molecule has 1 atom stereocenters. The highest BCUT2D eigenvalue weighted by Crippen LogP contribution is 2.43. The SMILES string of the molecule is CC1CN(CCC(=O)O)CCN1c1cc(C2CC2)nc(C2CC2)n1. The summed E-state index contributed by atoms with van der Waals surface area (Å²) >= 11 is 0. The largest absolute Gasteiger partial charge is 0.481 e. The van der Waals surface area contributed by atoms with Gasteiger partial charge in [0.05, 0.1) is 6.42 Å². The van der Waals surface area contributed by atoms with Crippen LogP contribution in [0.2, 0.25) is 0 Å². The molecular formula is C18H26N4O2. The Morgan fingerprint density at radius 3 is 2.58 bits per heavy atom. The number of aromatic nitrogens is 2. The maximum absolute atomic E-state index is 10.8. The Morgan fingerprint density at radius 1 is 1.21 bits per heavy atom. The van der Waals surface area contributed by atoms with E-state index in [2.05, 4.69) is 22.8 Å². The molecule has 1 aromatic rings. The Morgan fingerprint density at radius 2 is 1.96 bits per heavy atom. The summed E-state index contributed by atoms with van der Waals surface area (Å²) in [6.45, 7) is 5.56. The summed E-state index contributed by atoms with van der Waals surface area (Å²) < 4.78 is 0. The first-order valence-electron chi connectivity index (χ1n) is 9.20. The monoisotopic (exact) mass is 330 g/mol. The number of aliphatic carboxylic acids is 1. The number of carboxylic acid groups (broad SMARTS) is 1. The zero-order valence-electron chi connectivity index (χ0n) is 14.3. The van der Waals surface area contributed by atoms with Gasteiger partial charge in [0.15, 0.2) is 0 Å². The van der Waals surface area contributed by atoms with Crippen LogP contribution in [0.4, 0.5) is 5.82 Å². The molecule has 1 saturated heterocycles. The quantitative estimate of drug-likeness (QED) is 0.862. The summed E-state index contributed by atoms with van der Waals surface area (Å²) in [5, 5.41) is 8.86. The summed E-state index contributed by atoms with van der Waals surface area (Å²) in [5.41, 5.74) is 1.24. The highest BCUT2D eigenvalue weighted by molar-refractivity contribution is 5.66. The Bertz CT molecular complexity index is 597. The van der Waals surface area contributed by atoms with Crippen molar-refractivity contribution in [3.8, 4) is 0 Å². The fraction of sp³-hybridized carbons (Fsp3) is 0.722. The van der Waals surface area contributed by atoms with Crippen molar-refractivity contribution in [3.05, 3.63) is 17.6 Å². The van der Waals surface area contributed by atoms with Crippen molar-refractivity contribution >= 4 is 11.8 Å². The van der Waals surface area contributed by atoms with E-state index in [9.17, 15) is 4.79 Å². The predicted octanol–water partition coefficient (Wildman–Crippen LogP) is 2.22. The van der Waals surface area contributed by atoms with E-state index in [0.717, 1.165) is 31.3 Å². The molecule has 1 aromatic heterocycles. The van der Waals surface area contributed by atoms with Crippen molar-refractivity contribution in [1.82, 2.24) is 14.9 Å². The lowest BCUT2D eigenvalue weighted by Crippen LogP contribution is -2.52. The molecule has 0 radical (unpaired) electrons. The van der Waals surface area contributed by atoms with Crippen LogP contribution in [0.1, 0.15) is 62.4 Å². The molecule has 6 heteroatoms. The predicted molar refractivity (Wildman–Crippen MR) is 91.5 cm³/mol. The summed E-state index contributed by atoms with van der Waals surface area (Å²) in [5.74, 6) is 2.64. The van der Waals surface area contributed by atoms with Gasteiger partial charge < -0.3 is 10.0 Å². The molecule has 2 aliphatic carbocycles. The van der Waals surface area contributed by atoms with Crippen LogP contribution in [0.15, 0.2) is 6.07 Å². The number of nitrogens with zero attached hydrogens (tertiary/aromatic N) is 4. The van der Waals surface area contributed by atoms with Gasteiger partial charge >= 0.3 is 5.97 Å². The van der Waals surface area contributed by atoms with Crippen LogP contribution in [0, 0.1) is 0 Å². The number of anilines is 1. The summed E-state index contributed by atoms with van der Waals surface area (Å²) in [6.07, 6.45) is 5.20. The van der Waals surface area contributed by atoms with Crippen LogP contribution in [0.3, 0.4) is 0 Å². The van der Waals surface area contributed by atoms with Crippen LogP contribution >= 0.6 is 0 Å². The van der Waals surface area contributed by atoms with E-state index in [4.69, 9.17) is 15.1 Å². The number of hydrogen-bond acceptors (Lipinski definition) is 5. The van der Waals surface area contributed by atoms with E-state index in [0.29, 0.717) is 24.4 Å². The van der Waals surface area contributed by atoms with Gasteiger partial charge in [0, 0.05) is 55.8 Å². The van der Waals surface area contributed by atoms with Crippen LogP contribution in [0.5, 0.6) is 0 Å². The third kappa shape index (κ3) is 3.53. The molecule has 0 spiro atoms. The molecule has 2 saturated carbocycles. The second-order valence-electron chi connectivity index (χ2n) is 7.54. The normalized spacial score (nSPS) is 25.0. The molecule has 130 valence electrons. The lowest BCUT2D eigenvalue weighted by atomic mass is 10.1. The summed E-state index contributed by atoms with van der Waals surface area (Å²) in [4.78, 5) is 25.1. The highest BCUT2D eigenvalue weighted by Gasteiger charge is 2.33. The van der Waals surface area contributed by atoms with E-state index >= 15 is 0 Å². The first-order valence-corrected chi connectivity index (χ1v) is 9.20. The first kappa shape index (κ1) is 15.8. The van der Waals surface area contributed by atoms with Crippen molar-refractivity contribution in [2.75, 3.05) is 31.1 Å². The number of carboxylic acids is 1. The zero-order chi connectivity index (χ0) is 16.7. The maximum Gasteiger partial charge on any atom is 0.304 e. The minimum Gasteiger partial charge on any atom is -0.481 e. The van der Waals surface area contributed by atoms with Crippen LogP contribution < -0.4 is 4.90 Å². The molecule has 3 aliphatic rings. The third-order valence-electron chi connectivity index (χ3n) is 5.34. The molecular weight excluding hydrogens is 304 g/mol. The van der Waals surface area contributed by atoms with Crippen molar-refractivity contribution in [3.63, 3.8) is 0 Å². The van der Waals surface area contributed by atoms with Gasteiger partial charge in [-0.2, -0.15) is 0 Å². The highest BCUT2D eigenvalue weighted by atomic mass is 16.4. The van der Waals surface area contributed by atoms with Crippen LogP contribution in [0.25, 0.3) is 0 Å². The van der Waals surface area contributed by atoms with E-state index in [1.807, 2.05) is 0 Å². The summed E-state index contributed by atoms with van der Waals surface area (Å²) in [7, 11) is 0. The molecule has 1 aliphatic heterocycles. The van der Waals surface area contributed by atoms with Gasteiger partial charge in [-0.25, -0.2) is 9.97 Å². The second-order valence-corrected chi connectivity index (χ2v) is 7.54. The zero-order valence-corrected chi connectivity index (χ0v) is 14.3. The van der Waals surface area contributed by atoms with Crippen molar-refractivity contribution in [1.29, 1.82) is 0 Å². The molecule has 2 heterocycles. The smallest absolute Gasteiger partial charge is 0.304 e. The van der Waals surface area contributed by atoms with Crippen LogP contribution in [-0.4, -0.2) is 58.2 Å². The fourth-order valence-corrected chi connectivity index (χ4v) is 3.56. The van der Waals surface area contributed by atoms with Crippen molar-refractivity contribution in [2.45, 2.75) is 56.9 Å². The average Bonchev–Trinajstić information content (AvgIpc) is 3.45. The van der Waals surface area contributed by atoms with Gasteiger partial charge in [0.2, 0.25) is 0 Å². The molecule has 0 aromatic carbocycles. The van der Waals surface area contributed by atoms with Crippen molar-refractivity contribution < 1.29 is 9.90 Å². The lowest BCUT2D eigenvalue weighted by Gasteiger charge is -2.40. The van der Waals surface area contributed by atoms with E-state index in [1.54, 1.807) is 0 Å². The van der Waals surface area contributed by atoms with Gasteiger partial charge in [-0.1, -0.05) is 0 Å². The lowest BCUT2D eigenvalue weighted by molar-refractivity contribution is -0.137. The molecule has 1 unspecified atom stereocenters. The average molecular weight is 330 g/mol. The molecule has 6 nitrogen and oxygen atoms in total. The van der Waals surface area contributed by atoms with Gasteiger partial charge in [0.1, 0.15) is 11.6 Å². The minimum atomic E-state index is -0.718. The van der Waals surface area contributed by atoms with Gasteiger partial charge in [-0.05, 0) is 32.6 Å². The van der Waals surface area contributed by atoms with Gasteiger partial charge in [-0.15, -0.1) is 0 Å². The number of hydrogen-bond donors (Lipinski definition) is 1. The Kier molecular flexibility index (Phi) is 4.16. The molecule has 0 bridgehead atoms. The molecule has 4 rings (SSSR count). The Hall–Kier alpha value is -1.69. The van der Waals surface area contributed by atoms with Crippen LogP contribution in [-0.2, 0) is 4.79 Å². The fourth-order valence-electron chi connectivity index (χ4n) is 3.56. The molecule has 3 fully saturated rings. The number of rotatable bonds is 6. The Labute approximate surface area is 142 Å². The van der Waals surface area contributed by atoms with E-state index in [-0.39, 0.29) is 6.42 Å². The van der Waals surface area contributed by atoms with E-state index < -0.39 is 5.97 Å². The Balaban J connectivity index is 1.48. The van der Waals surface area contributed by atoms with Gasteiger partial charge in [0.25, 0.3) is 0 Å². The second kappa shape index (κ2) is 6.31. The third-order valence-corrected chi connectivity index (χ3v) is 5.34. The van der Waals surface area contributed by atoms with E-state index in [1.165, 1.54) is 31.4 Å². The summed E-state index contributed by atoms with van der Waals surface area (Å²) in [6, 6.07) is 2.55. The number of carbonyl (C=O) groups is 1. The molecule has 1 N–H and O–H groups in total. The molecule has 24 heavy (non-hydrogen) atoms. The maximum atomic E-state index is 10.8. The number of piperazine rings is 1. The topological polar surface area (TPSA) is 69.6 Å².